The van der Waals surface area contributed by atoms with E-state index in [2.05, 4.69) is 0 Å². The van der Waals surface area contributed by atoms with Crippen LogP contribution in [0, 0.1) is 5.92 Å². The van der Waals surface area contributed by atoms with Crippen molar-refractivity contribution in [2.45, 2.75) is 31.4 Å². The number of halogens is 2. The third kappa shape index (κ3) is 4.36. The molecule has 1 saturated carbocycles. The predicted molar refractivity (Wildman–Crippen MR) is 67.4 cm³/mol. The highest BCUT2D eigenvalue weighted by Crippen LogP contribution is 2.39. The zero-order valence-corrected chi connectivity index (χ0v) is 11.4. The third-order valence-corrected chi connectivity index (χ3v) is 3.10. The molecule has 1 unspecified atom stereocenters. The summed E-state index contributed by atoms with van der Waals surface area (Å²) in [6, 6.07) is -2.77. The molecule has 0 heterocycles. The molecule has 1 aliphatic carbocycles. The fraction of sp³-hybridized carbons (Fsp3) is 0.667. The maximum atomic E-state index is 13.7. The summed E-state index contributed by atoms with van der Waals surface area (Å²) in [7, 11) is 0. The molecule has 0 bridgehead atoms. The topological polar surface area (TPSA) is 108 Å². The molecule has 3 atom stereocenters. The van der Waals surface area contributed by atoms with Crippen molar-refractivity contribution in [3.05, 3.63) is 12.3 Å². The van der Waals surface area contributed by atoms with E-state index < -0.39 is 42.5 Å². The van der Waals surface area contributed by atoms with Gasteiger partial charge in [0.2, 0.25) is 0 Å². The molecule has 3 amide bonds. The molecule has 1 fully saturated rings. The summed E-state index contributed by atoms with van der Waals surface area (Å²) in [6.07, 6.45) is -0.331. The van der Waals surface area contributed by atoms with Gasteiger partial charge in [-0.3, -0.25) is 10.1 Å². The number of rotatable bonds is 5. The number of nitrogens with one attached hydrogen (secondary N) is 2. The first-order valence-electron chi connectivity index (χ1n) is 6.39. The van der Waals surface area contributed by atoms with Crippen LogP contribution in [0.5, 0.6) is 0 Å². The van der Waals surface area contributed by atoms with E-state index in [0.29, 0.717) is 6.61 Å². The molecule has 120 valence electrons. The Morgan fingerprint density at radius 3 is 2.67 bits per heavy atom. The highest BCUT2D eigenvalue weighted by molar-refractivity contribution is 6.00. The standard InChI is InChI=1S/C12H18F2N2O5/c1-2-21-4-3-9(18)16-11(20)15-8-5-7(6-17)10(19)12(8,13)14/h3-4,7-8,10,17,19H,2,5-6H2,1H3,(H2,15,16,18,20)/b4-3+/t7-,8?,10-/m1/s1. The minimum Gasteiger partial charge on any atom is -0.501 e. The van der Waals surface area contributed by atoms with Crippen LogP contribution in [0.25, 0.3) is 0 Å². The zero-order chi connectivity index (χ0) is 16.0. The number of aliphatic hydroxyl groups is 2. The van der Waals surface area contributed by atoms with Crippen LogP contribution in [0.2, 0.25) is 0 Å². The van der Waals surface area contributed by atoms with E-state index >= 15 is 0 Å². The number of urea groups is 1. The van der Waals surface area contributed by atoms with Crippen molar-refractivity contribution in [2.24, 2.45) is 5.92 Å². The maximum absolute atomic E-state index is 13.7. The molecular formula is C12H18F2N2O5. The maximum Gasteiger partial charge on any atom is 0.322 e. The molecule has 0 aromatic rings. The molecule has 4 N–H and O–H groups in total. The van der Waals surface area contributed by atoms with Gasteiger partial charge in [-0.05, 0) is 13.3 Å². The number of imide groups is 1. The molecule has 21 heavy (non-hydrogen) atoms. The monoisotopic (exact) mass is 308 g/mol. The Balaban J connectivity index is 2.53. The second-order valence-corrected chi connectivity index (χ2v) is 4.57. The Morgan fingerprint density at radius 2 is 2.14 bits per heavy atom. The van der Waals surface area contributed by atoms with Gasteiger partial charge in [-0.2, -0.15) is 0 Å². The van der Waals surface area contributed by atoms with Crippen LogP contribution in [0.4, 0.5) is 13.6 Å². The van der Waals surface area contributed by atoms with Crippen LogP contribution in [-0.4, -0.2) is 53.4 Å². The van der Waals surface area contributed by atoms with Crippen LogP contribution < -0.4 is 10.6 Å². The zero-order valence-electron chi connectivity index (χ0n) is 11.4. The molecule has 9 heteroatoms. The number of amides is 3. The second-order valence-electron chi connectivity index (χ2n) is 4.57. The molecule has 0 radical (unpaired) electrons. The quantitative estimate of drug-likeness (QED) is 0.413. The lowest BCUT2D eigenvalue weighted by molar-refractivity contribution is -0.117. The number of ether oxygens (including phenoxy) is 1. The van der Waals surface area contributed by atoms with Crippen molar-refractivity contribution in [1.82, 2.24) is 10.6 Å². The highest BCUT2D eigenvalue weighted by Gasteiger charge is 2.57. The number of alkyl halides is 2. The second kappa shape index (κ2) is 7.32. The Kier molecular flexibility index (Phi) is 6.03. The number of hydrogen-bond donors (Lipinski definition) is 4. The summed E-state index contributed by atoms with van der Waals surface area (Å²) in [5.41, 5.74) is 0. The Labute approximate surface area is 120 Å². The number of carbonyl (C=O) groups is 2. The molecule has 0 aromatic heterocycles. The first kappa shape index (κ1) is 17.3. The van der Waals surface area contributed by atoms with Crippen LogP contribution >= 0.6 is 0 Å². The van der Waals surface area contributed by atoms with E-state index in [-0.39, 0.29) is 6.42 Å². The molecule has 0 saturated heterocycles. The van der Waals surface area contributed by atoms with Gasteiger partial charge in [0.05, 0.1) is 18.9 Å². The van der Waals surface area contributed by atoms with E-state index in [1.54, 1.807) is 6.92 Å². The predicted octanol–water partition coefficient (Wildman–Crippen LogP) is -0.261. The summed E-state index contributed by atoms with van der Waals surface area (Å²) in [4.78, 5) is 22.7. The molecule has 1 aliphatic rings. The van der Waals surface area contributed by atoms with Gasteiger partial charge in [0.15, 0.2) is 0 Å². The average molecular weight is 308 g/mol. The van der Waals surface area contributed by atoms with Crippen molar-refractivity contribution < 1.29 is 33.3 Å². The lowest BCUT2D eigenvalue weighted by atomic mass is 10.1. The molecule has 0 spiro atoms. The van der Waals surface area contributed by atoms with Crippen molar-refractivity contribution in [1.29, 1.82) is 0 Å². The summed E-state index contributed by atoms with van der Waals surface area (Å²) in [5, 5.41) is 22.0. The van der Waals surface area contributed by atoms with Crippen molar-refractivity contribution in [3.8, 4) is 0 Å². The molecular weight excluding hydrogens is 290 g/mol. The largest absolute Gasteiger partial charge is 0.501 e. The number of carbonyl (C=O) groups excluding carboxylic acids is 2. The van der Waals surface area contributed by atoms with E-state index in [1.807, 2.05) is 10.6 Å². The van der Waals surface area contributed by atoms with Gasteiger partial charge in [-0.25, -0.2) is 13.6 Å². The van der Waals surface area contributed by atoms with Crippen molar-refractivity contribution in [2.75, 3.05) is 13.2 Å². The van der Waals surface area contributed by atoms with Gasteiger partial charge < -0.3 is 20.3 Å². The van der Waals surface area contributed by atoms with Gasteiger partial charge in [-0.1, -0.05) is 0 Å². The fourth-order valence-corrected chi connectivity index (χ4v) is 1.99. The Bertz CT molecular complexity index is 416. The molecule has 1 rings (SSSR count). The van der Waals surface area contributed by atoms with Crippen molar-refractivity contribution >= 4 is 11.9 Å². The summed E-state index contributed by atoms with van der Waals surface area (Å²) >= 11 is 0. The molecule has 7 nitrogen and oxygen atoms in total. The molecule has 0 aromatic carbocycles. The summed E-state index contributed by atoms with van der Waals surface area (Å²) < 4.78 is 32.1. The smallest absolute Gasteiger partial charge is 0.322 e. The van der Waals surface area contributed by atoms with E-state index in [4.69, 9.17) is 9.84 Å². The van der Waals surface area contributed by atoms with E-state index in [1.165, 1.54) is 0 Å². The van der Waals surface area contributed by atoms with Crippen LogP contribution in [-0.2, 0) is 9.53 Å². The van der Waals surface area contributed by atoms with Gasteiger partial charge in [0, 0.05) is 18.6 Å². The minimum atomic E-state index is -3.57. The fourth-order valence-electron chi connectivity index (χ4n) is 1.99. The van der Waals surface area contributed by atoms with Gasteiger partial charge >= 0.3 is 6.03 Å². The number of aliphatic hydroxyl groups excluding tert-OH is 2. The van der Waals surface area contributed by atoms with Gasteiger partial charge in [0.1, 0.15) is 6.10 Å². The lowest BCUT2D eigenvalue weighted by Crippen LogP contribution is -2.52. The Morgan fingerprint density at radius 1 is 1.48 bits per heavy atom. The summed E-state index contributed by atoms with van der Waals surface area (Å²) in [6.45, 7) is 1.41. The molecule has 0 aliphatic heterocycles. The SMILES string of the molecule is CCO/C=C/C(=O)NC(=O)NC1C[C@H](CO)[C@@H](O)C1(F)F. The minimum absolute atomic E-state index is 0.291. The highest BCUT2D eigenvalue weighted by atomic mass is 19.3. The number of hydrogen-bond acceptors (Lipinski definition) is 5. The Hall–Kier alpha value is -1.74. The normalized spacial score (nSPS) is 27.6. The third-order valence-electron chi connectivity index (χ3n) is 3.10. The van der Waals surface area contributed by atoms with Gasteiger partial charge in [0.25, 0.3) is 11.8 Å². The van der Waals surface area contributed by atoms with Crippen molar-refractivity contribution in [3.63, 3.8) is 0 Å². The van der Waals surface area contributed by atoms with E-state index in [9.17, 15) is 23.5 Å². The van der Waals surface area contributed by atoms with Crippen LogP contribution in [0.3, 0.4) is 0 Å². The van der Waals surface area contributed by atoms with E-state index in [0.717, 1.165) is 12.3 Å². The lowest BCUT2D eigenvalue weighted by Gasteiger charge is -2.22. The summed E-state index contributed by atoms with van der Waals surface area (Å²) in [5.74, 6) is -5.44. The van der Waals surface area contributed by atoms with Gasteiger partial charge in [-0.15, -0.1) is 0 Å². The first-order valence-corrected chi connectivity index (χ1v) is 6.39. The first-order chi connectivity index (χ1) is 9.82. The van der Waals surface area contributed by atoms with Crippen LogP contribution in [0.1, 0.15) is 13.3 Å². The van der Waals surface area contributed by atoms with Crippen LogP contribution in [0.15, 0.2) is 12.3 Å². The average Bonchev–Trinajstić information content (AvgIpc) is 2.62.